The quantitative estimate of drug-likeness (QED) is 0.686. The van der Waals surface area contributed by atoms with Crippen molar-refractivity contribution in [3.63, 3.8) is 0 Å². The predicted octanol–water partition coefficient (Wildman–Crippen LogP) is 4.43. The number of hydrogen-bond donors (Lipinski definition) is 0. The molecule has 0 N–H and O–H groups in total. The van der Waals surface area contributed by atoms with Crippen molar-refractivity contribution >= 4 is 16.8 Å². The zero-order valence-corrected chi connectivity index (χ0v) is 15.7. The van der Waals surface area contributed by atoms with E-state index in [1.54, 1.807) is 0 Å². The predicted molar refractivity (Wildman–Crippen MR) is 100 cm³/mol. The topological polar surface area (TPSA) is 59.2 Å². The van der Waals surface area contributed by atoms with Gasteiger partial charge in [-0.15, -0.1) is 0 Å². The van der Waals surface area contributed by atoms with Gasteiger partial charge in [-0.05, 0) is 57.7 Å². The van der Waals surface area contributed by atoms with Crippen LogP contribution in [-0.4, -0.2) is 27.5 Å². The van der Waals surface area contributed by atoms with Crippen LogP contribution in [0.15, 0.2) is 28.8 Å². The molecule has 134 valence electrons. The first-order chi connectivity index (χ1) is 12.5. The number of amides is 1. The van der Waals surface area contributed by atoms with E-state index in [4.69, 9.17) is 4.52 Å². The van der Waals surface area contributed by atoms with Crippen molar-refractivity contribution < 1.29 is 9.32 Å². The van der Waals surface area contributed by atoms with Gasteiger partial charge in [0.15, 0.2) is 5.76 Å². The summed E-state index contributed by atoms with van der Waals surface area (Å²) in [5, 5.41) is 4.91. The largest absolute Gasteiger partial charge is 0.359 e. The second-order valence-electron chi connectivity index (χ2n) is 7.24. The van der Waals surface area contributed by atoms with Crippen LogP contribution in [0.5, 0.6) is 0 Å². The zero-order chi connectivity index (χ0) is 18.4. The van der Waals surface area contributed by atoms with Crippen molar-refractivity contribution in [3.05, 3.63) is 58.1 Å². The number of aryl methyl sites for hydroxylation is 4. The second-order valence-corrected chi connectivity index (χ2v) is 7.24. The number of hydrogen-bond acceptors (Lipinski definition) is 4. The summed E-state index contributed by atoms with van der Waals surface area (Å²) in [6.45, 7) is 8.71. The number of rotatable bonds is 2. The number of benzene rings is 1. The van der Waals surface area contributed by atoms with Crippen LogP contribution in [-0.2, 0) is 0 Å². The van der Waals surface area contributed by atoms with E-state index < -0.39 is 0 Å². The first-order valence-electron chi connectivity index (χ1n) is 9.07. The highest BCUT2D eigenvalue weighted by molar-refractivity contribution is 6.07. The van der Waals surface area contributed by atoms with Gasteiger partial charge in [-0.1, -0.05) is 17.3 Å². The third kappa shape index (κ3) is 2.68. The molecule has 4 rings (SSSR count). The van der Waals surface area contributed by atoms with Gasteiger partial charge >= 0.3 is 0 Å². The third-order valence-electron chi connectivity index (χ3n) is 5.35. The minimum Gasteiger partial charge on any atom is -0.359 e. The molecule has 0 aliphatic carbocycles. The Morgan fingerprint density at radius 3 is 2.69 bits per heavy atom. The molecular weight excluding hydrogens is 326 g/mol. The minimum atomic E-state index is -0.0428. The van der Waals surface area contributed by atoms with Crippen molar-refractivity contribution in [2.45, 2.75) is 46.6 Å². The highest BCUT2D eigenvalue weighted by Gasteiger charge is 2.34. The van der Waals surface area contributed by atoms with E-state index in [0.29, 0.717) is 0 Å². The molecule has 1 fully saturated rings. The molecule has 1 aliphatic heterocycles. The highest BCUT2D eigenvalue weighted by atomic mass is 16.5. The molecule has 5 heteroatoms. The number of pyridine rings is 1. The Labute approximate surface area is 153 Å². The molecule has 3 aromatic rings. The van der Waals surface area contributed by atoms with Crippen LogP contribution in [0.4, 0.5) is 0 Å². The van der Waals surface area contributed by atoms with Gasteiger partial charge in [-0.25, -0.2) is 0 Å². The van der Waals surface area contributed by atoms with Crippen LogP contribution in [0.3, 0.4) is 0 Å². The summed E-state index contributed by atoms with van der Waals surface area (Å²) in [4.78, 5) is 20.0. The van der Waals surface area contributed by atoms with Gasteiger partial charge in [0, 0.05) is 23.7 Å². The Hall–Kier alpha value is -2.69. The molecule has 3 heterocycles. The van der Waals surface area contributed by atoms with E-state index in [-0.39, 0.29) is 11.9 Å². The van der Waals surface area contributed by atoms with Gasteiger partial charge in [0.25, 0.3) is 5.91 Å². The van der Waals surface area contributed by atoms with Crippen LogP contribution < -0.4 is 0 Å². The fourth-order valence-electron chi connectivity index (χ4n) is 3.84. The lowest BCUT2D eigenvalue weighted by Gasteiger charge is -2.24. The Morgan fingerprint density at radius 2 is 1.96 bits per heavy atom. The summed E-state index contributed by atoms with van der Waals surface area (Å²) in [5.74, 6) is 0.816. The molecule has 2 aromatic heterocycles. The van der Waals surface area contributed by atoms with Crippen molar-refractivity contribution in [2.75, 3.05) is 6.54 Å². The average molecular weight is 349 g/mol. The molecule has 0 spiro atoms. The number of nitrogens with zero attached hydrogens (tertiary/aromatic N) is 3. The molecule has 0 bridgehead atoms. The van der Waals surface area contributed by atoms with Crippen LogP contribution in [0.1, 0.15) is 57.5 Å². The Morgan fingerprint density at radius 1 is 1.15 bits per heavy atom. The average Bonchev–Trinajstić information content (AvgIpc) is 3.26. The molecule has 1 aliphatic rings. The van der Waals surface area contributed by atoms with Crippen LogP contribution in [0.25, 0.3) is 10.9 Å². The van der Waals surface area contributed by atoms with E-state index in [0.717, 1.165) is 58.6 Å². The first-order valence-corrected chi connectivity index (χ1v) is 9.07. The number of carbonyl (C=O) groups is 1. The van der Waals surface area contributed by atoms with Gasteiger partial charge < -0.3 is 9.42 Å². The SMILES string of the molecule is Cc1cc(C2CCCN2C(=O)c2cc(C)nc3c(C)c(C)ccc23)on1. The Kier molecular flexibility index (Phi) is 4.02. The fourth-order valence-corrected chi connectivity index (χ4v) is 3.84. The Balaban J connectivity index is 1.80. The summed E-state index contributed by atoms with van der Waals surface area (Å²) in [6, 6.07) is 7.87. The van der Waals surface area contributed by atoms with Gasteiger partial charge in [0.1, 0.15) is 0 Å². The summed E-state index contributed by atoms with van der Waals surface area (Å²) < 4.78 is 5.45. The smallest absolute Gasteiger partial charge is 0.255 e. The molecule has 1 aromatic carbocycles. The molecule has 1 atom stereocenters. The van der Waals surface area contributed by atoms with Gasteiger partial charge in [0.05, 0.1) is 22.8 Å². The maximum atomic E-state index is 13.4. The summed E-state index contributed by atoms with van der Waals surface area (Å²) >= 11 is 0. The lowest BCUT2D eigenvalue weighted by Crippen LogP contribution is -2.30. The van der Waals surface area contributed by atoms with Gasteiger partial charge in [-0.2, -0.15) is 0 Å². The molecule has 0 saturated carbocycles. The van der Waals surface area contributed by atoms with E-state index in [1.807, 2.05) is 36.9 Å². The van der Waals surface area contributed by atoms with Crippen molar-refractivity contribution in [2.24, 2.45) is 0 Å². The van der Waals surface area contributed by atoms with Crippen LogP contribution >= 0.6 is 0 Å². The number of likely N-dealkylation sites (tertiary alicyclic amines) is 1. The summed E-state index contributed by atoms with van der Waals surface area (Å²) in [6.07, 6.45) is 1.87. The first kappa shape index (κ1) is 16.8. The lowest BCUT2D eigenvalue weighted by molar-refractivity contribution is 0.0716. The highest BCUT2D eigenvalue weighted by Crippen LogP contribution is 2.35. The van der Waals surface area contributed by atoms with Gasteiger partial charge in [-0.3, -0.25) is 9.78 Å². The van der Waals surface area contributed by atoms with Crippen molar-refractivity contribution in [1.82, 2.24) is 15.0 Å². The summed E-state index contributed by atoms with van der Waals surface area (Å²) in [7, 11) is 0. The minimum absolute atomic E-state index is 0.0420. The maximum absolute atomic E-state index is 13.4. The maximum Gasteiger partial charge on any atom is 0.255 e. The number of fused-ring (bicyclic) bond motifs is 1. The molecule has 26 heavy (non-hydrogen) atoms. The second kappa shape index (κ2) is 6.24. The molecule has 1 saturated heterocycles. The normalized spacial score (nSPS) is 17.2. The number of aromatic nitrogens is 2. The molecule has 5 nitrogen and oxygen atoms in total. The van der Waals surface area contributed by atoms with Crippen LogP contribution in [0, 0.1) is 27.7 Å². The third-order valence-corrected chi connectivity index (χ3v) is 5.35. The Bertz CT molecular complexity index is 1010. The molecule has 0 radical (unpaired) electrons. The summed E-state index contributed by atoms with van der Waals surface area (Å²) in [5.41, 5.74) is 5.66. The molecule has 1 unspecified atom stereocenters. The van der Waals surface area contributed by atoms with Crippen molar-refractivity contribution in [3.8, 4) is 0 Å². The fraction of sp³-hybridized carbons (Fsp3) is 0.381. The standard InChI is InChI=1S/C21H23N3O2/c1-12-7-8-16-17(10-13(2)22-20(16)15(12)4)21(25)24-9-5-6-18(24)19-11-14(3)23-26-19/h7-8,10-11,18H,5-6,9H2,1-4H3. The zero-order valence-electron chi connectivity index (χ0n) is 15.7. The monoisotopic (exact) mass is 349 g/mol. The molecule has 1 amide bonds. The number of carbonyl (C=O) groups excluding carboxylic acids is 1. The van der Waals surface area contributed by atoms with E-state index in [1.165, 1.54) is 5.56 Å². The lowest BCUT2D eigenvalue weighted by atomic mass is 10.00. The van der Waals surface area contributed by atoms with Gasteiger partial charge in [0.2, 0.25) is 0 Å². The molecular formula is C21H23N3O2. The van der Waals surface area contributed by atoms with Crippen molar-refractivity contribution in [1.29, 1.82) is 0 Å². The van der Waals surface area contributed by atoms with E-state index >= 15 is 0 Å². The van der Waals surface area contributed by atoms with E-state index in [9.17, 15) is 4.79 Å². The van der Waals surface area contributed by atoms with E-state index in [2.05, 4.69) is 30.1 Å². The van der Waals surface area contributed by atoms with Crippen LogP contribution in [0.2, 0.25) is 0 Å².